The largest absolute Gasteiger partial charge is 0.462 e. The van der Waals surface area contributed by atoms with Crippen LogP contribution in [-0.4, -0.2) is 17.7 Å². The maximum absolute atomic E-state index is 11.5. The summed E-state index contributed by atoms with van der Waals surface area (Å²) < 4.78 is 10.3. The number of rotatable bonds is 6. The zero-order valence-electron chi connectivity index (χ0n) is 11.3. The first kappa shape index (κ1) is 14.1. The molecule has 1 heterocycles. The molecule has 0 unspecified atom stereocenters. The fourth-order valence-corrected chi connectivity index (χ4v) is 1.73. The third kappa shape index (κ3) is 3.61. The van der Waals surface area contributed by atoms with Crippen molar-refractivity contribution in [3.8, 4) is 0 Å². The lowest BCUT2D eigenvalue weighted by atomic mass is 10.2. The van der Waals surface area contributed by atoms with E-state index in [2.05, 4.69) is 5.32 Å². The van der Waals surface area contributed by atoms with E-state index in [-0.39, 0.29) is 12.6 Å². The molecule has 0 saturated carbocycles. The molecule has 1 aromatic heterocycles. The van der Waals surface area contributed by atoms with Gasteiger partial charge in [-0.3, -0.25) is 0 Å². The molecule has 5 nitrogen and oxygen atoms in total. The Balaban J connectivity index is 1.92. The summed E-state index contributed by atoms with van der Waals surface area (Å²) in [6.45, 7) is 2.55. The number of esters is 1. The molecule has 1 aromatic carbocycles. The molecule has 106 valence electrons. The lowest BCUT2D eigenvalue weighted by Crippen LogP contribution is -2.05. The van der Waals surface area contributed by atoms with Crippen LogP contribution >= 0.6 is 0 Å². The van der Waals surface area contributed by atoms with Gasteiger partial charge in [0, 0.05) is 5.69 Å². The number of aliphatic hydroxyl groups is 1. The molecular formula is C15H17NO4. The fourth-order valence-electron chi connectivity index (χ4n) is 1.73. The maximum Gasteiger partial charge on any atom is 0.338 e. The molecule has 0 atom stereocenters. The molecule has 0 bridgehead atoms. The van der Waals surface area contributed by atoms with E-state index in [1.165, 1.54) is 0 Å². The zero-order chi connectivity index (χ0) is 14.4. The van der Waals surface area contributed by atoms with Crippen LogP contribution in [0, 0.1) is 0 Å². The Morgan fingerprint density at radius 1 is 1.20 bits per heavy atom. The van der Waals surface area contributed by atoms with Crippen molar-refractivity contribution >= 4 is 11.7 Å². The van der Waals surface area contributed by atoms with Gasteiger partial charge in [0.1, 0.15) is 18.1 Å². The first-order valence-corrected chi connectivity index (χ1v) is 6.42. The minimum Gasteiger partial charge on any atom is -0.462 e. The number of aliphatic hydroxyl groups excluding tert-OH is 1. The smallest absolute Gasteiger partial charge is 0.338 e. The Kier molecular flexibility index (Phi) is 4.79. The normalized spacial score (nSPS) is 10.3. The quantitative estimate of drug-likeness (QED) is 0.793. The second kappa shape index (κ2) is 6.77. The third-order valence-corrected chi connectivity index (χ3v) is 2.74. The van der Waals surface area contributed by atoms with Crippen LogP contribution in [0.3, 0.4) is 0 Å². The number of anilines is 1. The molecule has 0 saturated heterocycles. The molecule has 2 rings (SSSR count). The Bertz CT molecular complexity index is 560. The lowest BCUT2D eigenvalue weighted by Gasteiger charge is -2.06. The number of benzene rings is 1. The SMILES string of the molecule is CCOC(=O)c1ccc(NCc2ccc(CO)o2)cc1. The first-order valence-electron chi connectivity index (χ1n) is 6.42. The Morgan fingerprint density at radius 3 is 2.50 bits per heavy atom. The highest BCUT2D eigenvalue weighted by molar-refractivity contribution is 5.89. The van der Waals surface area contributed by atoms with Crippen molar-refractivity contribution in [2.75, 3.05) is 11.9 Å². The van der Waals surface area contributed by atoms with Gasteiger partial charge in [0.15, 0.2) is 0 Å². The van der Waals surface area contributed by atoms with Gasteiger partial charge in [0.25, 0.3) is 0 Å². The Labute approximate surface area is 117 Å². The van der Waals surface area contributed by atoms with Gasteiger partial charge in [-0.05, 0) is 43.3 Å². The van der Waals surface area contributed by atoms with E-state index in [9.17, 15) is 4.79 Å². The predicted molar refractivity (Wildman–Crippen MR) is 74.4 cm³/mol. The van der Waals surface area contributed by atoms with Crippen molar-refractivity contribution in [1.82, 2.24) is 0 Å². The van der Waals surface area contributed by atoms with Crippen molar-refractivity contribution in [2.45, 2.75) is 20.1 Å². The summed E-state index contributed by atoms with van der Waals surface area (Å²) in [5, 5.41) is 12.1. The summed E-state index contributed by atoms with van der Waals surface area (Å²) in [6, 6.07) is 10.6. The molecule has 0 radical (unpaired) electrons. The van der Waals surface area contributed by atoms with E-state index in [4.69, 9.17) is 14.3 Å². The molecular weight excluding hydrogens is 258 g/mol. The van der Waals surface area contributed by atoms with Crippen molar-refractivity contribution in [3.05, 3.63) is 53.5 Å². The standard InChI is InChI=1S/C15H17NO4/c1-2-19-15(18)11-3-5-12(6-4-11)16-9-13-7-8-14(10-17)20-13/h3-8,16-17H,2,9-10H2,1H3. The number of carbonyl (C=O) groups is 1. The van der Waals surface area contributed by atoms with Crippen LogP contribution < -0.4 is 5.32 Å². The van der Waals surface area contributed by atoms with Crippen LogP contribution in [0.5, 0.6) is 0 Å². The highest BCUT2D eigenvalue weighted by atomic mass is 16.5. The van der Waals surface area contributed by atoms with Crippen molar-refractivity contribution in [2.24, 2.45) is 0 Å². The molecule has 0 amide bonds. The minimum atomic E-state index is -0.322. The fraction of sp³-hybridized carbons (Fsp3) is 0.267. The van der Waals surface area contributed by atoms with Crippen molar-refractivity contribution < 1.29 is 19.1 Å². The Morgan fingerprint density at radius 2 is 1.90 bits per heavy atom. The van der Waals surface area contributed by atoms with Crippen LogP contribution in [0.2, 0.25) is 0 Å². The number of carbonyl (C=O) groups excluding carboxylic acids is 1. The van der Waals surface area contributed by atoms with Gasteiger partial charge in [0.05, 0.1) is 18.7 Å². The van der Waals surface area contributed by atoms with E-state index >= 15 is 0 Å². The maximum atomic E-state index is 11.5. The van der Waals surface area contributed by atoms with Crippen LogP contribution in [0.1, 0.15) is 28.8 Å². The molecule has 0 fully saturated rings. The van der Waals surface area contributed by atoms with Gasteiger partial charge >= 0.3 is 5.97 Å². The van der Waals surface area contributed by atoms with Crippen LogP contribution in [0.25, 0.3) is 0 Å². The number of nitrogens with one attached hydrogen (secondary N) is 1. The molecule has 0 aliphatic heterocycles. The van der Waals surface area contributed by atoms with Gasteiger partial charge in [-0.25, -0.2) is 4.79 Å². The number of furan rings is 1. The second-order valence-electron chi connectivity index (χ2n) is 4.18. The number of hydrogen-bond donors (Lipinski definition) is 2. The van der Waals surface area contributed by atoms with Gasteiger partial charge in [-0.2, -0.15) is 0 Å². The van der Waals surface area contributed by atoms with Crippen LogP contribution in [0.15, 0.2) is 40.8 Å². The van der Waals surface area contributed by atoms with Gasteiger partial charge in [-0.1, -0.05) is 0 Å². The minimum absolute atomic E-state index is 0.103. The van der Waals surface area contributed by atoms with Crippen LogP contribution in [-0.2, 0) is 17.9 Å². The van der Waals surface area contributed by atoms with Gasteiger partial charge in [-0.15, -0.1) is 0 Å². The van der Waals surface area contributed by atoms with Crippen LogP contribution in [0.4, 0.5) is 5.69 Å². The summed E-state index contributed by atoms with van der Waals surface area (Å²) in [7, 11) is 0. The highest BCUT2D eigenvalue weighted by Gasteiger charge is 2.06. The van der Waals surface area contributed by atoms with E-state index < -0.39 is 0 Å². The average Bonchev–Trinajstić information content (AvgIpc) is 2.94. The number of hydrogen-bond acceptors (Lipinski definition) is 5. The zero-order valence-corrected chi connectivity index (χ0v) is 11.3. The molecule has 0 aliphatic rings. The lowest BCUT2D eigenvalue weighted by molar-refractivity contribution is 0.0526. The molecule has 5 heteroatoms. The monoisotopic (exact) mass is 275 g/mol. The molecule has 2 N–H and O–H groups in total. The van der Waals surface area contributed by atoms with E-state index in [1.807, 2.05) is 18.2 Å². The summed E-state index contributed by atoms with van der Waals surface area (Å²) in [6.07, 6.45) is 0. The molecule has 2 aromatic rings. The van der Waals surface area contributed by atoms with E-state index in [1.54, 1.807) is 25.1 Å². The van der Waals surface area contributed by atoms with E-state index in [0.29, 0.717) is 24.5 Å². The van der Waals surface area contributed by atoms with E-state index in [0.717, 1.165) is 11.4 Å². The average molecular weight is 275 g/mol. The van der Waals surface area contributed by atoms with Gasteiger partial charge < -0.3 is 19.6 Å². The molecule has 0 spiro atoms. The molecule has 0 aliphatic carbocycles. The summed E-state index contributed by atoms with van der Waals surface area (Å²) in [5.74, 6) is 0.959. The topological polar surface area (TPSA) is 71.7 Å². The second-order valence-corrected chi connectivity index (χ2v) is 4.18. The molecule has 20 heavy (non-hydrogen) atoms. The Hall–Kier alpha value is -2.27. The third-order valence-electron chi connectivity index (χ3n) is 2.74. The van der Waals surface area contributed by atoms with Gasteiger partial charge in [0.2, 0.25) is 0 Å². The first-order chi connectivity index (χ1) is 9.72. The van der Waals surface area contributed by atoms with Crippen molar-refractivity contribution in [1.29, 1.82) is 0 Å². The number of ether oxygens (including phenoxy) is 1. The summed E-state index contributed by atoms with van der Waals surface area (Å²) in [5.41, 5.74) is 1.40. The summed E-state index contributed by atoms with van der Waals surface area (Å²) in [4.78, 5) is 11.5. The predicted octanol–water partition coefficient (Wildman–Crippen LogP) is 2.56. The highest BCUT2D eigenvalue weighted by Crippen LogP contribution is 2.13. The summed E-state index contributed by atoms with van der Waals surface area (Å²) >= 11 is 0. The van der Waals surface area contributed by atoms with Crippen molar-refractivity contribution in [3.63, 3.8) is 0 Å².